The summed E-state index contributed by atoms with van der Waals surface area (Å²) in [5, 5.41) is 6.88. The molecular formula is C20H19N3O4S. The highest BCUT2D eigenvalue weighted by atomic mass is 32.2. The van der Waals surface area contributed by atoms with Crippen LogP contribution in [0.1, 0.15) is 21.7 Å². The summed E-state index contributed by atoms with van der Waals surface area (Å²) in [4.78, 5) is 25.3. The molecule has 0 radical (unpaired) electrons. The number of ketones is 1. The smallest absolute Gasteiger partial charge is 0.296 e. The van der Waals surface area contributed by atoms with Gasteiger partial charge in [-0.3, -0.25) is 9.59 Å². The van der Waals surface area contributed by atoms with Crippen molar-refractivity contribution in [1.29, 1.82) is 0 Å². The Morgan fingerprint density at radius 2 is 1.57 bits per heavy atom. The summed E-state index contributed by atoms with van der Waals surface area (Å²) < 4.78 is 24.6. The molecule has 3 aromatic rings. The molecule has 0 bridgehead atoms. The van der Waals surface area contributed by atoms with Crippen LogP contribution < -0.4 is 5.32 Å². The van der Waals surface area contributed by atoms with E-state index in [9.17, 15) is 18.0 Å². The highest BCUT2D eigenvalue weighted by Crippen LogP contribution is 2.20. The number of rotatable bonds is 5. The zero-order valence-electron chi connectivity index (χ0n) is 15.6. The fourth-order valence-electron chi connectivity index (χ4n) is 2.88. The molecule has 0 saturated carbocycles. The fourth-order valence-corrected chi connectivity index (χ4v) is 3.51. The fraction of sp³-hybridized carbons (Fsp3) is 0.150. The third-order valence-corrected chi connectivity index (χ3v) is 5.39. The Kier molecular flexibility index (Phi) is 5.15. The van der Waals surface area contributed by atoms with Crippen molar-refractivity contribution in [3.8, 4) is 5.69 Å². The Morgan fingerprint density at radius 1 is 0.964 bits per heavy atom. The summed E-state index contributed by atoms with van der Waals surface area (Å²) in [6.07, 6.45) is 1.10. The summed E-state index contributed by atoms with van der Waals surface area (Å²) in [7, 11) is -3.33. The van der Waals surface area contributed by atoms with Crippen LogP contribution >= 0.6 is 0 Å². The molecular weight excluding hydrogens is 378 g/mol. The largest absolute Gasteiger partial charge is 0.319 e. The number of hydrogen-bond acceptors (Lipinski definition) is 5. The van der Waals surface area contributed by atoms with Gasteiger partial charge in [0.25, 0.3) is 11.7 Å². The van der Waals surface area contributed by atoms with E-state index in [1.807, 2.05) is 30.3 Å². The van der Waals surface area contributed by atoms with Gasteiger partial charge < -0.3 is 5.32 Å². The number of carbonyl (C=O) groups excluding carboxylic acids is 2. The monoisotopic (exact) mass is 397 g/mol. The van der Waals surface area contributed by atoms with Crippen LogP contribution in [0.25, 0.3) is 5.69 Å². The van der Waals surface area contributed by atoms with Gasteiger partial charge >= 0.3 is 0 Å². The number of hydrogen-bond donors (Lipinski definition) is 1. The number of aromatic nitrogens is 2. The van der Waals surface area contributed by atoms with Crippen LogP contribution in [-0.4, -0.2) is 36.1 Å². The lowest BCUT2D eigenvalue weighted by Gasteiger charge is -2.07. The van der Waals surface area contributed by atoms with E-state index in [1.165, 1.54) is 24.3 Å². The predicted octanol–water partition coefficient (Wildman–Crippen LogP) is 2.71. The summed E-state index contributed by atoms with van der Waals surface area (Å²) in [5.74, 6) is -1.52. The number of amides is 1. The maximum atomic E-state index is 12.7. The molecule has 0 saturated heterocycles. The van der Waals surface area contributed by atoms with Crippen molar-refractivity contribution in [2.24, 2.45) is 0 Å². The highest BCUT2D eigenvalue weighted by Gasteiger charge is 2.25. The van der Waals surface area contributed by atoms with Gasteiger partial charge in [-0.05, 0) is 50.2 Å². The van der Waals surface area contributed by atoms with E-state index >= 15 is 0 Å². The van der Waals surface area contributed by atoms with Crippen LogP contribution in [0.4, 0.5) is 5.69 Å². The van der Waals surface area contributed by atoms with Crippen LogP contribution in [0.2, 0.25) is 0 Å². The van der Waals surface area contributed by atoms with Crippen molar-refractivity contribution in [3.05, 3.63) is 71.5 Å². The Hall–Kier alpha value is -3.26. The van der Waals surface area contributed by atoms with E-state index in [0.717, 1.165) is 11.9 Å². The molecule has 0 aliphatic rings. The summed E-state index contributed by atoms with van der Waals surface area (Å²) in [6, 6.07) is 14.9. The van der Waals surface area contributed by atoms with Crippen LogP contribution in [0, 0.1) is 13.8 Å². The molecule has 0 aliphatic carbocycles. The lowest BCUT2D eigenvalue weighted by Crippen LogP contribution is -2.24. The zero-order valence-corrected chi connectivity index (χ0v) is 16.4. The Morgan fingerprint density at radius 3 is 2.14 bits per heavy atom. The van der Waals surface area contributed by atoms with Gasteiger partial charge in [-0.1, -0.05) is 18.2 Å². The Balaban J connectivity index is 1.84. The van der Waals surface area contributed by atoms with E-state index in [4.69, 9.17) is 0 Å². The van der Waals surface area contributed by atoms with Crippen LogP contribution in [0.15, 0.2) is 59.5 Å². The van der Waals surface area contributed by atoms with Crippen molar-refractivity contribution in [1.82, 2.24) is 9.78 Å². The maximum absolute atomic E-state index is 12.7. The second kappa shape index (κ2) is 7.40. The Bertz CT molecular complexity index is 1150. The van der Waals surface area contributed by atoms with Gasteiger partial charge in [0, 0.05) is 11.9 Å². The van der Waals surface area contributed by atoms with Crippen molar-refractivity contribution >= 4 is 27.2 Å². The number of anilines is 1. The molecule has 0 atom stereocenters. The molecule has 3 rings (SSSR count). The van der Waals surface area contributed by atoms with Gasteiger partial charge in [0.1, 0.15) is 0 Å². The molecule has 7 nitrogen and oxygen atoms in total. The average Bonchev–Trinajstić information content (AvgIpc) is 2.95. The van der Waals surface area contributed by atoms with Gasteiger partial charge in [-0.25, -0.2) is 13.1 Å². The predicted molar refractivity (Wildman–Crippen MR) is 106 cm³/mol. The van der Waals surface area contributed by atoms with Gasteiger partial charge in [0.05, 0.1) is 27.5 Å². The zero-order chi connectivity index (χ0) is 20.5. The minimum atomic E-state index is -3.33. The van der Waals surface area contributed by atoms with Gasteiger partial charge in [-0.2, -0.15) is 5.10 Å². The van der Waals surface area contributed by atoms with E-state index in [2.05, 4.69) is 10.4 Å². The van der Waals surface area contributed by atoms with E-state index < -0.39 is 21.5 Å². The summed E-state index contributed by atoms with van der Waals surface area (Å²) in [5.41, 5.74) is 2.38. The number of aryl methyl sites for hydroxylation is 1. The molecule has 28 heavy (non-hydrogen) atoms. The number of nitrogens with zero attached hydrogens (tertiary/aromatic N) is 2. The number of Topliss-reactive ketones (excluding diaryl/α,β-unsaturated/α-hetero) is 1. The molecule has 0 aliphatic heterocycles. The van der Waals surface area contributed by atoms with Crippen molar-refractivity contribution in [2.75, 3.05) is 11.6 Å². The minimum Gasteiger partial charge on any atom is -0.319 e. The SMILES string of the molecule is Cc1nn(-c2ccccc2)c(C)c1C(=O)C(=O)Nc1ccc(S(C)(=O)=O)cc1. The second-order valence-electron chi connectivity index (χ2n) is 6.37. The van der Waals surface area contributed by atoms with Crippen LogP contribution in [0.5, 0.6) is 0 Å². The first-order valence-electron chi connectivity index (χ1n) is 8.46. The lowest BCUT2D eigenvalue weighted by molar-refractivity contribution is -0.112. The number of nitrogens with one attached hydrogen (secondary N) is 1. The first-order valence-corrected chi connectivity index (χ1v) is 10.3. The number of benzene rings is 2. The first-order chi connectivity index (χ1) is 13.2. The molecule has 0 unspecified atom stereocenters. The van der Waals surface area contributed by atoms with E-state index in [-0.39, 0.29) is 10.5 Å². The molecule has 1 amide bonds. The normalized spacial score (nSPS) is 11.2. The average molecular weight is 397 g/mol. The third-order valence-electron chi connectivity index (χ3n) is 4.27. The topological polar surface area (TPSA) is 98.1 Å². The van der Waals surface area contributed by atoms with Crippen molar-refractivity contribution in [3.63, 3.8) is 0 Å². The Labute approximate surface area is 162 Å². The molecule has 2 aromatic carbocycles. The van der Waals surface area contributed by atoms with Gasteiger partial charge in [0.15, 0.2) is 9.84 Å². The van der Waals surface area contributed by atoms with Crippen molar-refractivity contribution < 1.29 is 18.0 Å². The standard InChI is InChI=1S/C20H19N3O4S/c1-13-18(14(2)23(22-13)16-7-5-4-6-8-16)19(24)20(25)21-15-9-11-17(12-10-15)28(3,26)27/h4-12H,1-3H3,(H,21,25). The molecule has 0 spiro atoms. The lowest BCUT2D eigenvalue weighted by atomic mass is 10.1. The maximum Gasteiger partial charge on any atom is 0.296 e. The first kappa shape index (κ1) is 19.5. The molecule has 1 heterocycles. The highest BCUT2D eigenvalue weighted by molar-refractivity contribution is 7.90. The summed E-state index contributed by atoms with van der Waals surface area (Å²) >= 11 is 0. The molecule has 144 valence electrons. The van der Waals surface area contributed by atoms with Crippen molar-refractivity contribution in [2.45, 2.75) is 18.7 Å². The van der Waals surface area contributed by atoms with Gasteiger partial charge in [0.2, 0.25) is 0 Å². The molecule has 8 heteroatoms. The third kappa shape index (κ3) is 3.86. The van der Waals surface area contributed by atoms with Gasteiger partial charge in [-0.15, -0.1) is 0 Å². The van der Waals surface area contributed by atoms with Crippen LogP contribution in [-0.2, 0) is 14.6 Å². The number of carbonyl (C=O) groups is 2. The van der Waals surface area contributed by atoms with E-state index in [1.54, 1.807) is 18.5 Å². The molecule has 1 N–H and O–H groups in total. The van der Waals surface area contributed by atoms with E-state index in [0.29, 0.717) is 17.1 Å². The molecule has 0 fully saturated rings. The van der Waals surface area contributed by atoms with Crippen LogP contribution in [0.3, 0.4) is 0 Å². The number of sulfone groups is 1. The molecule has 1 aromatic heterocycles. The summed E-state index contributed by atoms with van der Waals surface area (Å²) in [6.45, 7) is 3.41. The second-order valence-corrected chi connectivity index (χ2v) is 8.39. The minimum absolute atomic E-state index is 0.132. The quantitative estimate of drug-likeness (QED) is 0.527. The number of para-hydroxylation sites is 1.